The summed E-state index contributed by atoms with van der Waals surface area (Å²) in [5.74, 6) is 0. The van der Waals surface area contributed by atoms with Crippen LogP contribution in [0.1, 0.15) is 110 Å². The van der Waals surface area contributed by atoms with Gasteiger partial charge in [0.2, 0.25) is 0 Å². The van der Waals surface area contributed by atoms with Crippen LogP contribution in [0.2, 0.25) is 110 Å². The standard InChI is InChI=1S/C39H95O10Si8/c1-17-19-21-22-23-24-25-26-27-28-29-30-34-57(16,49-55(13,14)46-51(3,4)5)45-50(38-43-54(11,12)48-53(9,10)33-20-18-2)44-56(15,47-52(6,7)8)35-31-32-42-37-39(41)36-40/h39-41H,17-38H2,1-16H3. The number of hydrogen-bond donors (Lipinski definition) is 2. The van der Waals surface area contributed by atoms with E-state index in [0.29, 0.717) is 12.8 Å². The van der Waals surface area contributed by atoms with E-state index in [1.807, 2.05) is 0 Å². The molecule has 2 N–H and O–H groups in total. The van der Waals surface area contributed by atoms with Crippen molar-refractivity contribution < 1.29 is 44.1 Å². The predicted octanol–water partition coefficient (Wildman–Crippen LogP) is 11.8. The van der Waals surface area contributed by atoms with Crippen LogP contribution in [0.4, 0.5) is 0 Å². The van der Waals surface area contributed by atoms with Gasteiger partial charge in [-0.25, -0.2) is 0 Å². The van der Waals surface area contributed by atoms with Crippen LogP contribution in [-0.2, 0) is 33.9 Å². The van der Waals surface area contributed by atoms with Gasteiger partial charge in [-0.3, -0.25) is 0 Å². The first-order chi connectivity index (χ1) is 26.2. The van der Waals surface area contributed by atoms with Gasteiger partial charge in [0.1, 0.15) is 6.10 Å². The molecule has 0 aliphatic rings. The van der Waals surface area contributed by atoms with Gasteiger partial charge in [-0.1, -0.05) is 104 Å². The number of aliphatic hydroxyl groups excluding tert-OH is 2. The van der Waals surface area contributed by atoms with Crippen molar-refractivity contribution in [2.45, 2.75) is 226 Å². The van der Waals surface area contributed by atoms with Crippen LogP contribution >= 0.6 is 0 Å². The van der Waals surface area contributed by atoms with Gasteiger partial charge >= 0.3 is 43.5 Å². The lowest BCUT2D eigenvalue weighted by atomic mass is 10.1. The molecule has 0 saturated carbocycles. The SMILES string of the molecule is CCCCCCCCCCCCCC[Si](C)(O[Si](CO[Si](C)(C)O[Si](C)(C)CCCC)O[Si](C)(CCCOCC(O)CO)O[Si](C)(C)C)O[Si](C)(C)O[Si](C)(C)C. The molecule has 57 heavy (non-hydrogen) atoms. The molecule has 0 fully saturated rings. The van der Waals surface area contributed by atoms with E-state index in [1.54, 1.807) is 0 Å². The summed E-state index contributed by atoms with van der Waals surface area (Å²) in [6.07, 6.45) is 18.2. The Morgan fingerprint density at radius 2 is 0.947 bits per heavy atom. The van der Waals surface area contributed by atoms with E-state index in [2.05, 4.69) is 106 Å². The average molecular weight is 949 g/mol. The van der Waals surface area contributed by atoms with Crippen LogP contribution in [0.5, 0.6) is 0 Å². The first-order valence-corrected chi connectivity index (χ1v) is 44.9. The van der Waals surface area contributed by atoms with Gasteiger partial charge in [0.05, 0.1) is 19.4 Å². The minimum atomic E-state index is -2.84. The summed E-state index contributed by atoms with van der Waals surface area (Å²) in [7, 11) is -18.6. The highest BCUT2D eigenvalue weighted by atomic mass is 28.5. The first-order valence-electron chi connectivity index (χ1n) is 22.7. The molecule has 3 unspecified atom stereocenters. The van der Waals surface area contributed by atoms with E-state index >= 15 is 0 Å². The molecule has 1 radical (unpaired) electrons. The summed E-state index contributed by atoms with van der Waals surface area (Å²) < 4.78 is 55.0. The fourth-order valence-electron chi connectivity index (χ4n) is 7.37. The van der Waals surface area contributed by atoms with Crippen LogP contribution in [0, 0.1) is 0 Å². The van der Waals surface area contributed by atoms with Gasteiger partial charge in [-0.05, 0) is 116 Å². The molecular formula is C39H95O10Si8. The average Bonchev–Trinajstić information content (AvgIpc) is 3.03. The molecule has 0 bridgehead atoms. The number of hydrogen-bond acceptors (Lipinski definition) is 10. The van der Waals surface area contributed by atoms with Crippen molar-refractivity contribution in [3.8, 4) is 0 Å². The number of ether oxygens (including phenoxy) is 1. The fraction of sp³-hybridized carbons (Fsp3) is 1.00. The molecular weight excluding hydrogens is 853 g/mol. The summed E-state index contributed by atoms with van der Waals surface area (Å²) in [4.78, 5) is 0. The molecule has 0 rings (SSSR count). The maximum atomic E-state index is 9.79. The molecule has 0 aromatic heterocycles. The molecule has 18 heteroatoms. The maximum absolute atomic E-state index is 9.79. The Morgan fingerprint density at radius 1 is 0.491 bits per heavy atom. The second kappa shape index (κ2) is 28.9. The van der Waals surface area contributed by atoms with Gasteiger partial charge in [-0.15, -0.1) is 0 Å². The third-order valence-corrected chi connectivity index (χ3v) is 36.6. The van der Waals surface area contributed by atoms with Gasteiger partial charge < -0.3 is 44.1 Å². The minimum Gasteiger partial charge on any atom is -0.437 e. The second-order valence-electron chi connectivity index (χ2n) is 20.1. The Labute approximate surface area is 362 Å². The molecule has 0 aromatic rings. The lowest BCUT2D eigenvalue weighted by molar-refractivity contribution is 0.00624. The molecule has 0 saturated heterocycles. The molecule has 0 spiro atoms. The van der Waals surface area contributed by atoms with Crippen molar-refractivity contribution in [1.29, 1.82) is 0 Å². The highest BCUT2D eigenvalue weighted by molar-refractivity contribution is 6.89. The minimum absolute atomic E-state index is 0.105. The molecule has 0 heterocycles. The van der Waals surface area contributed by atoms with Crippen molar-refractivity contribution in [3.05, 3.63) is 0 Å². The Kier molecular flexibility index (Phi) is 29.6. The Balaban J connectivity index is 6.32. The Bertz CT molecular complexity index is 1020. The lowest BCUT2D eigenvalue weighted by Crippen LogP contribution is -2.59. The van der Waals surface area contributed by atoms with E-state index in [1.165, 1.54) is 77.0 Å². The van der Waals surface area contributed by atoms with Crippen LogP contribution in [0.15, 0.2) is 0 Å². The summed E-state index contributed by atoms with van der Waals surface area (Å²) >= 11 is 0. The second-order valence-corrected chi connectivity index (χ2v) is 49.9. The van der Waals surface area contributed by atoms with Crippen LogP contribution < -0.4 is 0 Å². The van der Waals surface area contributed by atoms with Crippen LogP contribution in [0.25, 0.3) is 0 Å². The quantitative estimate of drug-likeness (QED) is 0.0458. The van der Waals surface area contributed by atoms with Crippen molar-refractivity contribution in [2.75, 3.05) is 26.1 Å². The van der Waals surface area contributed by atoms with Crippen molar-refractivity contribution in [2.24, 2.45) is 0 Å². The van der Waals surface area contributed by atoms with E-state index in [4.69, 9.17) is 33.9 Å². The zero-order chi connectivity index (χ0) is 43.9. The van der Waals surface area contributed by atoms with E-state index in [9.17, 15) is 10.2 Å². The van der Waals surface area contributed by atoms with Gasteiger partial charge in [0, 0.05) is 6.61 Å². The number of aliphatic hydroxyl groups is 2. The summed E-state index contributed by atoms with van der Waals surface area (Å²) in [6.45, 7) is 35.8. The van der Waals surface area contributed by atoms with E-state index in [-0.39, 0.29) is 13.2 Å². The molecule has 343 valence electrons. The summed E-state index contributed by atoms with van der Waals surface area (Å²) in [5, 5.41) is 19.0. The zero-order valence-electron chi connectivity index (χ0n) is 40.3. The lowest BCUT2D eigenvalue weighted by Gasteiger charge is -2.42. The molecule has 0 amide bonds. The zero-order valence-corrected chi connectivity index (χ0v) is 48.3. The van der Waals surface area contributed by atoms with Crippen molar-refractivity contribution in [3.63, 3.8) is 0 Å². The largest absolute Gasteiger partial charge is 0.437 e. The maximum Gasteiger partial charge on any atom is 0.392 e. The van der Waals surface area contributed by atoms with E-state index < -0.39 is 74.6 Å². The normalized spacial score (nSPS) is 16.3. The van der Waals surface area contributed by atoms with E-state index in [0.717, 1.165) is 37.4 Å². The predicted molar refractivity (Wildman–Crippen MR) is 260 cm³/mol. The number of rotatable bonds is 38. The monoisotopic (exact) mass is 948 g/mol. The Hall–Kier alpha value is 1.34. The molecule has 0 aliphatic heterocycles. The molecule has 3 atom stereocenters. The van der Waals surface area contributed by atoms with Crippen LogP contribution in [-0.4, -0.2) is 111 Å². The first kappa shape index (κ1) is 58.3. The fourth-order valence-corrected chi connectivity index (χ4v) is 41.4. The van der Waals surface area contributed by atoms with Gasteiger partial charge in [-0.2, -0.15) is 0 Å². The molecule has 0 aliphatic carbocycles. The highest BCUT2D eigenvalue weighted by Gasteiger charge is 2.48. The third kappa shape index (κ3) is 33.6. The third-order valence-electron chi connectivity index (χ3n) is 9.31. The smallest absolute Gasteiger partial charge is 0.392 e. The van der Waals surface area contributed by atoms with Gasteiger partial charge in [0.25, 0.3) is 0 Å². The Morgan fingerprint density at radius 3 is 1.42 bits per heavy atom. The molecule has 10 nitrogen and oxygen atoms in total. The topological polar surface area (TPSA) is 114 Å². The van der Waals surface area contributed by atoms with Crippen molar-refractivity contribution >= 4 is 68.5 Å². The molecule has 0 aromatic carbocycles. The summed E-state index contributed by atoms with van der Waals surface area (Å²) in [5.41, 5.74) is 0. The summed E-state index contributed by atoms with van der Waals surface area (Å²) in [6, 6.07) is 2.72. The highest BCUT2D eigenvalue weighted by Crippen LogP contribution is 2.30. The van der Waals surface area contributed by atoms with Crippen molar-refractivity contribution in [1.82, 2.24) is 0 Å². The van der Waals surface area contributed by atoms with Crippen LogP contribution in [0.3, 0.4) is 0 Å². The number of unbranched alkanes of at least 4 members (excludes halogenated alkanes) is 12. The van der Waals surface area contributed by atoms with Gasteiger partial charge in [0.15, 0.2) is 25.0 Å².